The minimum absolute atomic E-state index is 0.693. The van der Waals surface area contributed by atoms with Crippen molar-refractivity contribution in [3.8, 4) is 0 Å². The van der Waals surface area contributed by atoms with E-state index in [1.165, 1.54) is 19.5 Å². The van der Waals surface area contributed by atoms with Gasteiger partial charge in [-0.15, -0.1) is 0 Å². The Kier molecular flexibility index (Phi) is 4.67. The largest absolute Gasteiger partial charge is 0.299 e. The van der Waals surface area contributed by atoms with Crippen molar-refractivity contribution in [1.82, 2.24) is 4.90 Å². The van der Waals surface area contributed by atoms with Crippen LogP contribution in [0.1, 0.15) is 34.1 Å². The van der Waals surface area contributed by atoms with Gasteiger partial charge in [0.2, 0.25) is 0 Å². The first-order valence-electron chi connectivity index (χ1n) is 5.98. The molecular weight excluding hydrogens is 170 g/mol. The molecule has 0 radical (unpaired) electrons. The van der Waals surface area contributed by atoms with E-state index < -0.39 is 0 Å². The van der Waals surface area contributed by atoms with Crippen LogP contribution in [-0.4, -0.2) is 24.5 Å². The molecule has 1 nitrogen and oxygen atoms in total. The van der Waals surface area contributed by atoms with Crippen LogP contribution >= 0.6 is 0 Å². The average Bonchev–Trinajstić information content (AvgIpc) is 2.52. The highest BCUT2D eigenvalue weighted by molar-refractivity contribution is 4.89. The monoisotopic (exact) mass is 195 g/mol. The van der Waals surface area contributed by atoms with Crippen molar-refractivity contribution in [3.05, 3.63) is 12.2 Å². The molecule has 82 valence electrons. The normalized spacial score (nSPS) is 24.6. The predicted molar refractivity (Wildman–Crippen MR) is 63.4 cm³/mol. The molecule has 1 aliphatic heterocycles. The molecule has 1 saturated heterocycles. The smallest absolute Gasteiger partial charge is 0.0163 e. The van der Waals surface area contributed by atoms with Gasteiger partial charge in [-0.05, 0) is 30.7 Å². The van der Waals surface area contributed by atoms with Crippen molar-refractivity contribution >= 4 is 0 Å². The molecule has 0 aliphatic carbocycles. The van der Waals surface area contributed by atoms with E-state index in [0.717, 1.165) is 18.4 Å². The van der Waals surface area contributed by atoms with Crippen molar-refractivity contribution in [2.75, 3.05) is 19.6 Å². The Morgan fingerprint density at radius 2 is 2.00 bits per heavy atom. The molecular formula is C13H25N. The first-order valence-corrected chi connectivity index (χ1v) is 5.98. The third-order valence-corrected chi connectivity index (χ3v) is 3.14. The van der Waals surface area contributed by atoms with Crippen LogP contribution in [-0.2, 0) is 0 Å². The molecule has 0 saturated carbocycles. The molecule has 1 heteroatoms. The fourth-order valence-electron chi connectivity index (χ4n) is 2.05. The van der Waals surface area contributed by atoms with Crippen molar-refractivity contribution in [2.24, 2.45) is 17.8 Å². The third-order valence-electron chi connectivity index (χ3n) is 3.14. The molecule has 0 aromatic carbocycles. The molecule has 0 N–H and O–H groups in total. The number of nitrogens with zero attached hydrogens (tertiary/aromatic N) is 1. The summed E-state index contributed by atoms with van der Waals surface area (Å²) >= 11 is 0. The van der Waals surface area contributed by atoms with E-state index in [1.807, 2.05) is 0 Å². The van der Waals surface area contributed by atoms with Crippen molar-refractivity contribution in [1.29, 1.82) is 0 Å². The summed E-state index contributed by atoms with van der Waals surface area (Å²) in [6.45, 7) is 12.9. The number of likely N-dealkylation sites (tertiary alicyclic amines) is 1. The van der Waals surface area contributed by atoms with Crippen LogP contribution in [0, 0.1) is 17.8 Å². The highest BCUT2D eigenvalue weighted by Gasteiger charge is 2.23. The van der Waals surface area contributed by atoms with Gasteiger partial charge in [-0.1, -0.05) is 39.8 Å². The van der Waals surface area contributed by atoms with E-state index in [9.17, 15) is 0 Å². The van der Waals surface area contributed by atoms with Gasteiger partial charge in [0.15, 0.2) is 0 Å². The van der Waals surface area contributed by atoms with Crippen LogP contribution in [0.5, 0.6) is 0 Å². The van der Waals surface area contributed by atoms with Crippen LogP contribution in [0.2, 0.25) is 0 Å². The maximum Gasteiger partial charge on any atom is 0.0163 e. The van der Waals surface area contributed by atoms with Gasteiger partial charge < -0.3 is 0 Å². The van der Waals surface area contributed by atoms with E-state index >= 15 is 0 Å². The Hall–Kier alpha value is -0.300. The second-order valence-electron chi connectivity index (χ2n) is 5.22. The third kappa shape index (κ3) is 3.83. The molecule has 0 amide bonds. The lowest BCUT2D eigenvalue weighted by Gasteiger charge is -2.16. The molecule has 0 aromatic rings. The maximum atomic E-state index is 2.57. The van der Waals surface area contributed by atoms with Gasteiger partial charge >= 0.3 is 0 Å². The summed E-state index contributed by atoms with van der Waals surface area (Å²) in [6.07, 6.45) is 6.03. The molecule has 1 fully saturated rings. The second kappa shape index (κ2) is 5.55. The van der Waals surface area contributed by atoms with E-state index in [0.29, 0.717) is 5.92 Å². The number of hydrogen-bond acceptors (Lipinski definition) is 1. The zero-order valence-corrected chi connectivity index (χ0v) is 10.2. The topological polar surface area (TPSA) is 3.24 Å². The first-order chi connectivity index (χ1) is 6.59. The summed E-state index contributed by atoms with van der Waals surface area (Å²) in [5.41, 5.74) is 0. The highest BCUT2D eigenvalue weighted by Crippen LogP contribution is 2.23. The first kappa shape index (κ1) is 11.8. The van der Waals surface area contributed by atoms with Gasteiger partial charge in [0, 0.05) is 13.1 Å². The Morgan fingerprint density at radius 1 is 1.29 bits per heavy atom. The number of hydrogen-bond donors (Lipinski definition) is 0. The van der Waals surface area contributed by atoms with Crippen LogP contribution in [0.3, 0.4) is 0 Å². The minimum atomic E-state index is 0.693. The lowest BCUT2D eigenvalue weighted by molar-refractivity contribution is 0.328. The van der Waals surface area contributed by atoms with Crippen LogP contribution in [0.4, 0.5) is 0 Å². The number of allylic oxidation sites excluding steroid dienone is 1. The molecule has 0 aromatic heterocycles. The molecule has 1 rings (SSSR count). The van der Waals surface area contributed by atoms with E-state index in [2.05, 4.69) is 44.7 Å². The zero-order valence-electron chi connectivity index (χ0n) is 10.2. The molecule has 0 spiro atoms. The Balaban J connectivity index is 2.22. The lowest BCUT2D eigenvalue weighted by atomic mass is 9.95. The lowest BCUT2D eigenvalue weighted by Crippen LogP contribution is -2.22. The van der Waals surface area contributed by atoms with Crippen molar-refractivity contribution < 1.29 is 0 Å². The van der Waals surface area contributed by atoms with Crippen LogP contribution in [0.25, 0.3) is 0 Å². The summed E-state index contributed by atoms with van der Waals surface area (Å²) in [4.78, 5) is 2.57. The SMILES string of the molecule is CC(C)/C=C/CN1CC[C@@H](C(C)C)C1. The van der Waals surface area contributed by atoms with Gasteiger partial charge in [0.05, 0.1) is 0 Å². The minimum Gasteiger partial charge on any atom is -0.299 e. The molecule has 14 heavy (non-hydrogen) atoms. The van der Waals surface area contributed by atoms with E-state index in [-0.39, 0.29) is 0 Å². The molecule has 1 heterocycles. The van der Waals surface area contributed by atoms with Crippen LogP contribution < -0.4 is 0 Å². The molecule has 0 bridgehead atoms. The Bertz CT molecular complexity index is 182. The predicted octanol–water partition coefficient (Wildman–Crippen LogP) is 3.18. The summed E-state index contributed by atoms with van der Waals surface area (Å²) in [5.74, 6) is 2.48. The van der Waals surface area contributed by atoms with Gasteiger partial charge in [-0.25, -0.2) is 0 Å². The molecule has 0 unspecified atom stereocenters. The maximum absolute atomic E-state index is 2.57. The van der Waals surface area contributed by atoms with Gasteiger partial charge in [0.25, 0.3) is 0 Å². The Morgan fingerprint density at radius 3 is 2.50 bits per heavy atom. The summed E-state index contributed by atoms with van der Waals surface area (Å²) in [6, 6.07) is 0. The summed E-state index contributed by atoms with van der Waals surface area (Å²) in [5, 5.41) is 0. The van der Waals surface area contributed by atoms with Crippen LogP contribution in [0.15, 0.2) is 12.2 Å². The molecule has 1 atom stereocenters. The fraction of sp³-hybridized carbons (Fsp3) is 0.846. The average molecular weight is 195 g/mol. The van der Waals surface area contributed by atoms with Gasteiger partial charge in [-0.2, -0.15) is 0 Å². The van der Waals surface area contributed by atoms with Gasteiger partial charge in [0.1, 0.15) is 0 Å². The van der Waals surface area contributed by atoms with Crippen molar-refractivity contribution in [3.63, 3.8) is 0 Å². The zero-order chi connectivity index (χ0) is 10.6. The van der Waals surface area contributed by atoms with Gasteiger partial charge in [-0.3, -0.25) is 4.90 Å². The van der Waals surface area contributed by atoms with Crippen molar-refractivity contribution in [2.45, 2.75) is 34.1 Å². The van der Waals surface area contributed by atoms with E-state index in [1.54, 1.807) is 0 Å². The summed E-state index contributed by atoms with van der Waals surface area (Å²) < 4.78 is 0. The Labute approximate surface area is 89.2 Å². The molecule has 1 aliphatic rings. The fourth-order valence-corrected chi connectivity index (χ4v) is 2.05. The standard InChI is InChI=1S/C13H25N/c1-11(2)6-5-8-14-9-7-13(10-14)12(3)4/h5-6,11-13H,7-10H2,1-4H3/b6-5+/t13-/m1/s1. The van der Waals surface area contributed by atoms with E-state index in [4.69, 9.17) is 0 Å². The highest BCUT2D eigenvalue weighted by atomic mass is 15.1. The number of rotatable bonds is 4. The summed E-state index contributed by atoms with van der Waals surface area (Å²) in [7, 11) is 0. The second-order valence-corrected chi connectivity index (χ2v) is 5.22. The quantitative estimate of drug-likeness (QED) is 0.623.